The maximum Gasteiger partial charge on any atom is 0.298 e. The largest absolute Gasteiger partial charge is 0.423 e. The van der Waals surface area contributed by atoms with Crippen molar-refractivity contribution in [2.75, 3.05) is 49.2 Å². The van der Waals surface area contributed by atoms with Gasteiger partial charge in [0.05, 0.1) is 29.3 Å². The number of para-hydroxylation sites is 1. The fourth-order valence-electron chi connectivity index (χ4n) is 5.76. The lowest BCUT2D eigenvalue weighted by Gasteiger charge is -2.33. The first-order valence-electron chi connectivity index (χ1n) is 13.8. The molecule has 9 nitrogen and oxygen atoms in total. The molecule has 0 atom stereocenters. The summed E-state index contributed by atoms with van der Waals surface area (Å²) in [6.45, 7) is 6.56. The van der Waals surface area contributed by atoms with Gasteiger partial charge in [0.15, 0.2) is 5.58 Å². The van der Waals surface area contributed by atoms with Crippen LogP contribution in [0.25, 0.3) is 22.0 Å². The van der Waals surface area contributed by atoms with Crippen LogP contribution in [0.1, 0.15) is 30.0 Å². The maximum atomic E-state index is 13.6. The number of aryl methyl sites for hydroxylation is 1. The molecule has 0 spiro atoms. The molecular formula is C30H31N5O4S. The summed E-state index contributed by atoms with van der Waals surface area (Å²) in [4.78, 5) is 9.48. The van der Waals surface area contributed by atoms with Crippen LogP contribution in [0.15, 0.2) is 76.0 Å². The van der Waals surface area contributed by atoms with E-state index in [-0.39, 0.29) is 10.8 Å². The summed E-state index contributed by atoms with van der Waals surface area (Å²) < 4.78 is 39.8. The van der Waals surface area contributed by atoms with Gasteiger partial charge in [0.25, 0.3) is 16.0 Å². The van der Waals surface area contributed by atoms with Crippen molar-refractivity contribution in [2.24, 2.45) is 0 Å². The predicted molar refractivity (Wildman–Crippen MR) is 155 cm³/mol. The maximum absolute atomic E-state index is 13.6. The Kier molecular flexibility index (Phi) is 6.24. The molecule has 7 rings (SSSR count). The van der Waals surface area contributed by atoms with Crippen LogP contribution < -0.4 is 9.80 Å². The van der Waals surface area contributed by atoms with E-state index >= 15 is 0 Å². The van der Waals surface area contributed by atoms with Gasteiger partial charge in [0, 0.05) is 43.2 Å². The number of hydrogen-bond acceptors (Lipinski definition) is 8. The fraction of sp³-hybridized carbons (Fsp3) is 0.333. The van der Waals surface area contributed by atoms with Crippen LogP contribution in [-0.4, -0.2) is 62.0 Å². The number of hydrogen-bond donors (Lipinski definition) is 0. The number of piperidine rings is 1. The Morgan fingerprint density at radius 1 is 0.875 bits per heavy atom. The van der Waals surface area contributed by atoms with Crippen LogP contribution in [0, 0.1) is 6.92 Å². The van der Waals surface area contributed by atoms with Gasteiger partial charge in [-0.2, -0.15) is 22.6 Å². The fourth-order valence-corrected chi connectivity index (χ4v) is 7.05. The third-order valence-corrected chi connectivity index (χ3v) is 9.62. The van der Waals surface area contributed by atoms with E-state index < -0.39 is 10.0 Å². The number of oxazole rings is 1. The van der Waals surface area contributed by atoms with Crippen molar-refractivity contribution in [3.63, 3.8) is 0 Å². The van der Waals surface area contributed by atoms with Crippen molar-refractivity contribution in [1.82, 2.24) is 14.2 Å². The molecule has 2 saturated heterocycles. The highest BCUT2D eigenvalue weighted by atomic mass is 32.2. The summed E-state index contributed by atoms with van der Waals surface area (Å²) in [7, 11) is -3.81. The Morgan fingerprint density at radius 2 is 1.62 bits per heavy atom. The summed E-state index contributed by atoms with van der Waals surface area (Å²) in [6, 6.07) is 21.4. The quantitative estimate of drug-likeness (QED) is 0.300. The van der Waals surface area contributed by atoms with Crippen molar-refractivity contribution in [2.45, 2.75) is 30.6 Å². The lowest BCUT2D eigenvalue weighted by Crippen LogP contribution is -2.36. The number of benzene rings is 3. The van der Waals surface area contributed by atoms with Gasteiger partial charge < -0.3 is 19.0 Å². The van der Waals surface area contributed by atoms with Crippen molar-refractivity contribution in [1.29, 1.82) is 0 Å². The molecule has 206 valence electrons. The second-order valence-electron chi connectivity index (χ2n) is 10.6. The average Bonchev–Trinajstić information content (AvgIpc) is 3.60. The lowest BCUT2D eigenvalue weighted by atomic mass is 9.91. The van der Waals surface area contributed by atoms with Crippen molar-refractivity contribution in [3.8, 4) is 0 Å². The van der Waals surface area contributed by atoms with Crippen LogP contribution in [0.2, 0.25) is 0 Å². The van der Waals surface area contributed by atoms with Gasteiger partial charge in [0.1, 0.15) is 5.52 Å². The van der Waals surface area contributed by atoms with Crippen molar-refractivity contribution >= 4 is 43.7 Å². The van der Waals surface area contributed by atoms with Gasteiger partial charge in [-0.05, 0) is 56.2 Å². The molecule has 0 radical (unpaired) electrons. The predicted octanol–water partition coefficient (Wildman–Crippen LogP) is 4.94. The van der Waals surface area contributed by atoms with E-state index in [1.165, 1.54) is 4.09 Å². The minimum absolute atomic E-state index is 0.166. The highest BCUT2D eigenvalue weighted by molar-refractivity contribution is 7.90. The normalized spacial score (nSPS) is 17.2. The Morgan fingerprint density at radius 3 is 2.40 bits per heavy atom. The van der Waals surface area contributed by atoms with Crippen molar-refractivity contribution in [3.05, 3.63) is 78.0 Å². The third-order valence-electron chi connectivity index (χ3n) is 8.02. The first kappa shape index (κ1) is 25.1. The molecular weight excluding hydrogens is 526 g/mol. The highest BCUT2D eigenvalue weighted by Gasteiger charge is 2.29. The number of rotatable bonds is 5. The topological polar surface area (TPSA) is 93.7 Å². The molecule has 0 bridgehead atoms. The lowest BCUT2D eigenvalue weighted by molar-refractivity contribution is 0.120. The van der Waals surface area contributed by atoms with E-state index in [1.54, 1.807) is 12.1 Å². The van der Waals surface area contributed by atoms with Crippen LogP contribution in [0.3, 0.4) is 0 Å². The van der Waals surface area contributed by atoms with Gasteiger partial charge in [-0.3, -0.25) is 0 Å². The molecule has 40 heavy (non-hydrogen) atoms. The van der Waals surface area contributed by atoms with E-state index in [2.05, 4.69) is 21.9 Å². The second-order valence-corrected chi connectivity index (χ2v) is 12.3. The first-order valence-corrected chi connectivity index (χ1v) is 15.2. The Balaban J connectivity index is 1.13. The monoisotopic (exact) mass is 557 g/mol. The molecule has 5 aromatic rings. The molecule has 4 heterocycles. The van der Waals surface area contributed by atoms with Crippen LogP contribution in [0.5, 0.6) is 0 Å². The SMILES string of the molecule is Cc1ccc(S(=O)(=O)n2nc(C3CCN(c4ccc5oc(N6CCOCC6)nc5c4)CC3)c3ccccc32)cc1. The number of nitrogens with zero attached hydrogens (tertiary/aromatic N) is 5. The van der Waals surface area contributed by atoms with Crippen LogP contribution in [0.4, 0.5) is 11.7 Å². The molecule has 2 aromatic heterocycles. The van der Waals surface area contributed by atoms with Gasteiger partial charge in [-0.25, -0.2) is 0 Å². The molecule has 2 aliphatic rings. The summed E-state index contributed by atoms with van der Waals surface area (Å²) >= 11 is 0. The molecule has 0 unspecified atom stereocenters. The van der Waals surface area contributed by atoms with Gasteiger partial charge in [-0.15, -0.1) is 0 Å². The molecule has 0 aliphatic carbocycles. The molecule has 10 heteroatoms. The van der Waals surface area contributed by atoms with Crippen LogP contribution >= 0.6 is 0 Å². The zero-order chi connectivity index (χ0) is 27.3. The van der Waals surface area contributed by atoms with E-state index in [9.17, 15) is 8.42 Å². The molecule has 0 amide bonds. The first-order chi connectivity index (χ1) is 19.5. The summed E-state index contributed by atoms with van der Waals surface area (Å²) in [6.07, 6.45) is 1.75. The Hall–Kier alpha value is -3.89. The zero-order valence-electron chi connectivity index (χ0n) is 22.4. The molecule has 2 fully saturated rings. The Labute approximate surface area is 233 Å². The summed E-state index contributed by atoms with van der Waals surface area (Å²) in [5, 5.41) is 5.64. The minimum Gasteiger partial charge on any atom is -0.423 e. The van der Waals surface area contributed by atoms with E-state index in [0.29, 0.717) is 24.7 Å². The standard InChI is InChI=1S/C30H31N5O4S/c1-21-6-9-24(10-7-21)40(36,37)35-27-5-3-2-4-25(27)29(32-35)22-12-14-33(15-13-22)23-8-11-28-26(20-23)31-30(39-28)34-16-18-38-19-17-34/h2-11,20,22H,12-19H2,1H3. The van der Waals surface area contributed by atoms with E-state index in [0.717, 1.165) is 72.5 Å². The summed E-state index contributed by atoms with van der Waals surface area (Å²) in [5.41, 5.74) is 5.24. The average molecular weight is 558 g/mol. The molecule has 2 aliphatic heterocycles. The minimum atomic E-state index is -3.81. The molecule has 3 aromatic carbocycles. The van der Waals surface area contributed by atoms with Crippen LogP contribution in [-0.2, 0) is 14.8 Å². The number of fused-ring (bicyclic) bond motifs is 2. The molecule has 0 N–H and O–H groups in total. The third kappa shape index (κ3) is 4.41. The number of anilines is 2. The zero-order valence-corrected chi connectivity index (χ0v) is 23.2. The van der Waals surface area contributed by atoms with Crippen molar-refractivity contribution < 1.29 is 17.6 Å². The van der Waals surface area contributed by atoms with E-state index in [4.69, 9.17) is 19.2 Å². The van der Waals surface area contributed by atoms with E-state index in [1.807, 2.05) is 49.4 Å². The summed E-state index contributed by atoms with van der Waals surface area (Å²) in [5.74, 6) is 0.166. The van der Waals surface area contributed by atoms with Gasteiger partial charge in [0.2, 0.25) is 0 Å². The van der Waals surface area contributed by atoms with Gasteiger partial charge in [-0.1, -0.05) is 35.9 Å². The highest BCUT2D eigenvalue weighted by Crippen LogP contribution is 2.36. The Bertz CT molecular complexity index is 1780. The number of morpholine rings is 1. The number of aromatic nitrogens is 3. The second kappa shape index (κ2) is 9.94. The van der Waals surface area contributed by atoms with Gasteiger partial charge >= 0.3 is 0 Å². The number of ether oxygens (including phenoxy) is 1. The molecule has 0 saturated carbocycles. The smallest absolute Gasteiger partial charge is 0.298 e.